The summed E-state index contributed by atoms with van der Waals surface area (Å²) in [7, 11) is 0. The lowest BCUT2D eigenvalue weighted by Gasteiger charge is -2.05. The molecule has 3 aromatic rings. The summed E-state index contributed by atoms with van der Waals surface area (Å²) in [6.45, 7) is 0. The van der Waals surface area contributed by atoms with Gasteiger partial charge in [-0.3, -0.25) is 4.79 Å². The van der Waals surface area contributed by atoms with Crippen molar-refractivity contribution in [2.75, 3.05) is 5.32 Å². The normalized spacial score (nSPS) is 10.6. The van der Waals surface area contributed by atoms with E-state index in [1.165, 1.54) is 12.4 Å². The van der Waals surface area contributed by atoms with Gasteiger partial charge in [-0.05, 0) is 35.0 Å². The van der Waals surface area contributed by atoms with E-state index in [-0.39, 0.29) is 11.1 Å². The lowest BCUT2D eigenvalue weighted by molar-refractivity contribution is 0.102. The predicted octanol–water partition coefficient (Wildman–Crippen LogP) is 4.30. The van der Waals surface area contributed by atoms with Gasteiger partial charge in [0.1, 0.15) is 5.15 Å². The molecule has 0 saturated heterocycles. The summed E-state index contributed by atoms with van der Waals surface area (Å²) < 4.78 is 1.00. The van der Waals surface area contributed by atoms with Crippen LogP contribution in [0.3, 0.4) is 0 Å². The number of benzene rings is 2. The lowest BCUT2D eigenvalue weighted by atomic mass is 10.1. The smallest absolute Gasteiger partial charge is 0.256 e. The van der Waals surface area contributed by atoms with Crippen molar-refractivity contribution in [3.8, 4) is 0 Å². The Morgan fingerprint density at radius 2 is 1.81 bits per heavy atom. The standard InChI is InChI=1S/C15H9BrClN3O/c16-12-4-3-9-5-11(2-1-10(9)6-12)15(21)20-14-8-18-13(17)7-19-14/h1-8H,(H,19,20,21). The molecule has 0 fully saturated rings. The summed E-state index contributed by atoms with van der Waals surface area (Å²) in [5.41, 5.74) is 0.557. The summed E-state index contributed by atoms with van der Waals surface area (Å²) >= 11 is 9.08. The molecule has 4 nitrogen and oxygen atoms in total. The molecule has 0 aliphatic heterocycles. The highest BCUT2D eigenvalue weighted by atomic mass is 79.9. The maximum atomic E-state index is 12.2. The first-order chi connectivity index (χ1) is 10.1. The summed E-state index contributed by atoms with van der Waals surface area (Å²) in [4.78, 5) is 20.0. The number of hydrogen-bond donors (Lipinski definition) is 1. The van der Waals surface area contributed by atoms with Crippen LogP contribution in [0.1, 0.15) is 10.4 Å². The largest absolute Gasteiger partial charge is 0.305 e. The van der Waals surface area contributed by atoms with Crippen molar-refractivity contribution in [1.29, 1.82) is 0 Å². The van der Waals surface area contributed by atoms with Crippen LogP contribution in [0.15, 0.2) is 53.3 Å². The monoisotopic (exact) mass is 361 g/mol. The van der Waals surface area contributed by atoms with Crippen molar-refractivity contribution in [3.63, 3.8) is 0 Å². The van der Waals surface area contributed by atoms with Crippen LogP contribution >= 0.6 is 27.5 Å². The molecule has 0 radical (unpaired) electrons. The Bertz CT molecular complexity index is 821. The zero-order valence-corrected chi connectivity index (χ0v) is 13.0. The zero-order chi connectivity index (χ0) is 14.8. The molecule has 0 saturated carbocycles. The van der Waals surface area contributed by atoms with Gasteiger partial charge >= 0.3 is 0 Å². The minimum absolute atomic E-state index is 0.239. The fourth-order valence-electron chi connectivity index (χ4n) is 1.92. The molecule has 1 amide bonds. The highest BCUT2D eigenvalue weighted by Gasteiger charge is 2.08. The van der Waals surface area contributed by atoms with Gasteiger partial charge in [0.25, 0.3) is 5.91 Å². The number of carbonyl (C=O) groups is 1. The Balaban J connectivity index is 1.87. The fraction of sp³-hybridized carbons (Fsp3) is 0. The quantitative estimate of drug-likeness (QED) is 0.739. The van der Waals surface area contributed by atoms with Crippen molar-refractivity contribution >= 4 is 50.0 Å². The molecule has 6 heteroatoms. The number of fused-ring (bicyclic) bond motifs is 1. The average Bonchev–Trinajstić information content (AvgIpc) is 2.49. The first kappa shape index (κ1) is 14.0. The van der Waals surface area contributed by atoms with E-state index < -0.39 is 0 Å². The number of hydrogen-bond acceptors (Lipinski definition) is 3. The SMILES string of the molecule is O=C(Nc1cnc(Cl)cn1)c1ccc2cc(Br)ccc2c1. The van der Waals surface area contributed by atoms with Crippen molar-refractivity contribution < 1.29 is 4.79 Å². The van der Waals surface area contributed by atoms with Crippen LogP contribution in [-0.4, -0.2) is 15.9 Å². The number of nitrogens with zero attached hydrogens (tertiary/aromatic N) is 2. The van der Waals surface area contributed by atoms with E-state index >= 15 is 0 Å². The van der Waals surface area contributed by atoms with Crippen LogP contribution in [-0.2, 0) is 0 Å². The molecule has 0 unspecified atom stereocenters. The Morgan fingerprint density at radius 3 is 2.57 bits per heavy atom. The first-order valence-electron chi connectivity index (χ1n) is 6.10. The third kappa shape index (κ3) is 3.20. The number of aromatic nitrogens is 2. The Morgan fingerprint density at radius 1 is 1.05 bits per heavy atom. The lowest BCUT2D eigenvalue weighted by Crippen LogP contribution is -2.13. The number of amides is 1. The summed E-state index contributed by atoms with van der Waals surface area (Å²) in [6, 6.07) is 11.4. The third-order valence-corrected chi connectivity index (χ3v) is 3.61. The van der Waals surface area contributed by atoms with E-state index in [1.54, 1.807) is 6.07 Å². The van der Waals surface area contributed by atoms with Gasteiger partial charge in [0.15, 0.2) is 5.82 Å². The van der Waals surface area contributed by atoms with Gasteiger partial charge in [0.2, 0.25) is 0 Å². The van der Waals surface area contributed by atoms with Crippen LogP contribution in [0, 0.1) is 0 Å². The molecule has 21 heavy (non-hydrogen) atoms. The van der Waals surface area contributed by atoms with E-state index in [4.69, 9.17) is 11.6 Å². The Labute approximate surface area is 134 Å². The second kappa shape index (κ2) is 5.79. The summed E-state index contributed by atoms with van der Waals surface area (Å²) in [5.74, 6) is 0.122. The molecular weight excluding hydrogens is 354 g/mol. The fourth-order valence-corrected chi connectivity index (χ4v) is 2.40. The predicted molar refractivity (Wildman–Crippen MR) is 86.6 cm³/mol. The molecule has 0 aliphatic rings. The molecule has 3 rings (SSSR count). The zero-order valence-electron chi connectivity index (χ0n) is 10.7. The van der Waals surface area contributed by atoms with Crippen LogP contribution in [0.4, 0.5) is 5.82 Å². The number of nitrogens with one attached hydrogen (secondary N) is 1. The molecule has 1 N–H and O–H groups in total. The minimum Gasteiger partial charge on any atom is -0.305 e. The van der Waals surface area contributed by atoms with E-state index in [1.807, 2.05) is 30.3 Å². The molecular formula is C15H9BrClN3O. The number of carbonyl (C=O) groups excluding carboxylic acids is 1. The van der Waals surface area contributed by atoms with Crippen molar-refractivity contribution in [2.45, 2.75) is 0 Å². The number of anilines is 1. The van der Waals surface area contributed by atoms with E-state index in [0.717, 1.165) is 15.2 Å². The molecule has 0 spiro atoms. The Hall–Kier alpha value is -1.98. The second-order valence-corrected chi connectivity index (χ2v) is 5.69. The van der Waals surface area contributed by atoms with E-state index in [9.17, 15) is 4.79 Å². The topological polar surface area (TPSA) is 54.9 Å². The van der Waals surface area contributed by atoms with Crippen molar-refractivity contribution in [1.82, 2.24) is 9.97 Å². The minimum atomic E-state index is -0.239. The van der Waals surface area contributed by atoms with Gasteiger partial charge in [0, 0.05) is 10.0 Å². The van der Waals surface area contributed by atoms with Gasteiger partial charge in [-0.25, -0.2) is 9.97 Å². The van der Waals surface area contributed by atoms with Crippen LogP contribution in [0.5, 0.6) is 0 Å². The molecule has 1 aromatic heterocycles. The molecule has 1 heterocycles. The van der Waals surface area contributed by atoms with Crippen LogP contribution in [0.25, 0.3) is 10.8 Å². The Kier molecular flexibility index (Phi) is 3.86. The van der Waals surface area contributed by atoms with Crippen molar-refractivity contribution in [3.05, 3.63) is 64.0 Å². The molecule has 0 bridgehead atoms. The number of rotatable bonds is 2. The number of halogens is 2. The van der Waals surface area contributed by atoms with Gasteiger partial charge < -0.3 is 5.32 Å². The van der Waals surface area contributed by atoms with Gasteiger partial charge in [-0.2, -0.15) is 0 Å². The van der Waals surface area contributed by atoms with Gasteiger partial charge in [0.05, 0.1) is 12.4 Å². The third-order valence-electron chi connectivity index (χ3n) is 2.93. The van der Waals surface area contributed by atoms with Crippen LogP contribution < -0.4 is 5.32 Å². The maximum absolute atomic E-state index is 12.2. The van der Waals surface area contributed by atoms with E-state index in [2.05, 4.69) is 31.2 Å². The summed E-state index contributed by atoms with van der Waals surface area (Å²) in [5, 5.41) is 5.02. The first-order valence-corrected chi connectivity index (χ1v) is 7.27. The molecule has 0 aliphatic carbocycles. The molecule has 2 aromatic carbocycles. The highest BCUT2D eigenvalue weighted by molar-refractivity contribution is 9.10. The van der Waals surface area contributed by atoms with Gasteiger partial charge in [-0.1, -0.05) is 39.7 Å². The average molecular weight is 363 g/mol. The highest BCUT2D eigenvalue weighted by Crippen LogP contribution is 2.21. The maximum Gasteiger partial charge on any atom is 0.256 e. The van der Waals surface area contributed by atoms with Crippen molar-refractivity contribution in [2.24, 2.45) is 0 Å². The molecule has 104 valence electrons. The summed E-state index contributed by atoms with van der Waals surface area (Å²) in [6.07, 6.45) is 2.80. The van der Waals surface area contributed by atoms with Crippen LogP contribution in [0.2, 0.25) is 5.15 Å². The van der Waals surface area contributed by atoms with E-state index in [0.29, 0.717) is 11.4 Å². The van der Waals surface area contributed by atoms with Gasteiger partial charge in [-0.15, -0.1) is 0 Å². The second-order valence-electron chi connectivity index (χ2n) is 4.38. The molecule has 0 atom stereocenters.